The molecule has 0 aliphatic carbocycles. The summed E-state index contributed by atoms with van der Waals surface area (Å²) in [4.78, 5) is 8.78. The van der Waals surface area contributed by atoms with Gasteiger partial charge in [-0.2, -0.15) is 0 Å². The van der Waals surface area contributed by atoms with Crippen molar-refractivity contribution >= 4 is 28.5 Å². The van der Waals surface area contributed by atoms with Gasteiger partial charge in [0.2, 0.25) is 5.95 Å². The summed E-state index contributed by atoms with van der Waals surface area (Å²) >= 11 is 5.96. The van der Waals surface area contributed by atoms with Crippen molar-refractivity contribution in [1.29, 1.82) is 0 Å². The Kier molecular flexibility index (Phi) is 3.48. The van der Waals surface area contributed by atoms with Gasteiger partial charge in [-0.15, -0.1) is 11.6 Å². The van der Waals surface area contributed by atoms with E-state index in [1.54, 1.807) is 0 Å². The predicted molar refractivity (Wildman–Crippen MR) is 72.6 cm³/mol. The van der Waals surface area contributed by atoms with Crippen molar-refractivity contribution in [2.45, 2.75) is 25.8 Å². The van der Waals surface area contributed by atoms with Crippen molar-refractivity contribution in [1.82, 2.24) is 9.97 Å². The monoisotopic (exact) mass is 249 g/mol. The largest absolute Gasteiger partial charge is 0.348 e. The summed E-state index contributed by atoms with van der Waals surface area (Å²) in [5.41, 5.74) is 0.780. The number of alkyl halides is 1. The molecule has 0 saturated carbocycles. The van der Waals surface area contributed by atoms with Crippen molar-refractivity contribution < 1.29 is 0 Å². The molecule has 0 amide bonds. The van der Waals surface area contributed by atoms with E-state index in [2.05, 4.69) is 29.1 Å². The van der Waals surface area contributed by atoms with Crippen LogP contribution >= 0.6 is 11.6 Å². The van der Waals surface area contributed by atoms with Gasteiger partial charge in [-0.25, -0.2) is 9.97 Å². The highest BCUT2D eigenvalue weighted by molar-refractivity contribution is 6.18. The summed E-state index contributed by atoms with van der Waals surface area (Å²) in [5, 5.41) is 4.34. The average Bonchev–Trinajstić information content (AvgIpc) is 2.38. The number of hydrogen-bond acceptors (Lipinski definition) is 3. The lowest BCUT2D eigenvalue weighted by molar-refractivity contribution is 0.549. The molecule has 1 heterocycles. The molecule has 1 unspecified atom stereocenters. The zero-order valence-electron chi connectivity index (χ0n) is 10.1. The van der Waals surface area contributed by atoms with E-state index in [9.17, 15) is 0 Å². The number of aromatic nitrogens is 2. The van der Waals surface area contributed by atoms with Crippen LogP contribution < -0.4 is 5.32 Å². The van der Waals surface area contributed by atoms with Gasteiger partial charge in [0.05, 0.1) is 11.1 Å². The summed E-state index contributed by atoms with van der Waals surface area (Å²) in [6.07, 6.45) is 2.75. The van der Waals surface area contributed by atoms with E-state index in [0.29, 0.717) is 11.8 Å². The van der Waals surface area contributed by atoms with Crippen molar-refractivity contribution in [3.63, 3.8) is 0 Å². The standard InChI is InChI=1S/C13H16ClN3/c1-3-13(2,9-14)17-12-15-8-10-6-4-5-7-11(10)16-12/h4-8H,3,9H2,1-2H3,(H,15,16,17). The first-order chi connectivity index (χ1) is 8.17. The minimum absolute atomic E-state index is 0.163. The van der Waals surface area contributed by atoms with Gasteiger partial charge in [-0.1, -0.05) is 25.1 Å². The highest BCUT2D eigenvalue weighted by Gasteiger charge is 2.21. The number of nitrogens with one attached hydrogen (secondary N) is 1. The first-order valence-corrected chi connectivity index (χ1v) is 6.26. The molecule has 0 bridgehead atoms. The Morgan fingerprint density at radius 1 is 1.35 bits per heavy atom. The van der Waals surface area contributed by atoms with Crippen LogP contribution in [0.1, 0.15) is 20.3 Å². The fourth-order valence-corrected chi connectivity index (χ4v) is 1.77. The number of rotatable bonds is 4. The number of anilines is 1. The summed E-state index contributed by atoms with van der Waals surface area (Å²) < 4.78 is 0. The van der Waals surface area contributed by atoms with Gasteiger partial charge in [0.15, 0.2) is 0 Å². The first-order valence-electron chi connectivity index (χ1n) is 5.73. The Bertz CT molecular complexity index is 509. The Hall–Kier alpha value is -1.35. The molecule has 0 saturated heterocycles. The molecule has 0 fully saturated rings. The molecule has 0 aliphatic heterocycles. The molecule has 1 N–H and O–H groups in total. The van der Waals surface area contributed by atoms with E-state index in [1.165, 1.54) is 0 Å². The van der Waals surface area contributed by atoms with Gasteiger partial charge in [0, 0.05) is 17.5 Å². The smallest absolute Gasteiger partial charge is 0.223 e. The van der Waals surface area contributed by atoms with Crippen LogP contribution in [0.2, 0.25) is 0 Å². The zero-order valence-corrected chi connectivity index (χ0v) is 10.8. The van der Waals surface area contributed by atoms with E-state index in [-0.39, 0.29) is 5.54 Å². The Labute approximate surface area is 106 Å². The molecule has 0 aliphatic rings. The second kappa shape index (κ2) is 4.88. The second-order valence-electron chi connectivity index (χ2n) is 4.43. The number of halogens is 1. The minimum Gasteiger partial charge on any atom is -0.348 e. The van der Waals surface area contributed by atoms with Gasteiger partial charge >= 0.3 is 0 Å². The molecule has 2 rings (SSSR count). The normalized spacial score (nSPS) is 14.5. The summed E-state index contributed by atoms with van der Waals surface area (Å²) in [7, 11) is 0. The van der Waals surface area contributed by atoms with Crippen LogP contribution in [0, 0.1) is 0 Å². The van der Waals surface area contributed by atoms with Gasteiger partial charge in [0.1, 0.15) is 0 Å². The molecular weight excluding hydrogens is 234 g/mol. The fourth-order valence-electron chi connectivity index (χ4n) is 1.52. The molecule has 3 nitrogen and oxygen atoms in total. The number of nitrogens with zero attached hydrogens (tertiary/aromatic N) is 2. The fraction of sp³-hybridized carbons (Fsp3) is 0.385. The number of benzene rings is 1. The Balaban J connectivity index is 2.31. The lowest BCUT2D eigenvalue weighted by Gasteiger charge is -2.26. The van der Waals surface area contributed by atoms with Crippen LogP contribution in [-0.4, -0.2) is 21.4 Å². The molecule has 0 spiro atoms. The van der Waals surface area contributed by atoms with Crippen LogP contribution in [0.5, 0.6) is 0 Å². The van der Waals surface area contributed by atoms with Crippen molar-refractivity contribution in [3.8, 4) is 0 Å². The maximum Gasteiger partial charge on any atom is 0.223 e. The third-order valence-electron chi connectivity index (χ3n) is 2.98. The van der Waals surface area contributed by atoms with Crippen molar-refractivity contribution in [2.24, 2.45) is 0 Å². The predicted octanol–water partition coefficient (Wildman–Crippen LogP) is 3.45. The van der Waals surface area contributed by atoms with Crippen LogP contribution in [-0.2, 0) is 0 Å². The third-order valence-corrected chi connectivity index (χ3v) is 3.57. The minimum atomic E-state index is -0.163. The highest BCUT2D eigenvalue weighted by Crippen LogP contribution is 2.19. The average molecular weight is 250 g/mol. The molecule has 90 valence electrons. The lowest BCUT2D eigenvalue weighted by atomic mass is 10.0. The van der Waals surface area contributed by atoms with Gasteiger partial charge < -0.3 is 5.32 Å². The number of para-hydroxylation sites is 1. The summed E-state index contributed by atoms with van der Waals surface area (Å²) in [6.45, 7) is 4.16. The Morgan fingerprint density at radius 3 is 2.82 bits per heavy atom. The topological polar surface area (TPSA) is 37.8 Å². The Morgan fingerprint density at radius 2 is 2.12 bits per heavy atom. The summed E-state index contributed by atoms with van der Waals surface area (Å²) in [5.74, 6) is 1.16. The van der Waals surface area contributed by atoms with Crippen LogP contribution in [0.4, 0.5) is 5.95 Å². The maximum atomic E-state index is 5.96. The second-order valence-corrected chi connectivity index (χ2v) is 4.69. The quantitative estimate of drug-likeness (QED) is 0.844. The molecule has 4 heteroatoms. The van der Waals surface area contributed by atoms with Gasteiger partial charge in [-0.3, -0.25) is 0 Å². The van der Waals surface area contributed by atoms with E-state index >= 15 is 0 Å². The van der Waals surface area contributed by atoms with Crippen LogP contribution in [0.25, 0.3) is 10.9 Å². The SMILES string of the molecule is CCC(C)(CCl)Nc1ncc2ccccc2n1. The number of hydrogen-bond donors (Lipinski definition) is 1. The molecule has 2 aromatic rings. The van der Waals surface area contributed by atoms with Crippen LogP contribution in [0.15, 0.2) is 30.5 Å². The first kappa shape index (κ1) is 12.1. The number of fused-ring (bicyclic) bond motifs is 1. The van der Waals surface area contributed by atoms with Crippen molar-refractivity contribution in [3.05, 3.63) is 30.5 Å². The van der Waals surface area contributed by atoms with Crippen molar-refractivity contribution in [2.75, 3.05) is 11.2 Å². The third kappa shape index (κ3) is 2.67. The zero-order chi connectivity index (χ0) is 12.3. The molecule has 17 heavy (non-hydrogen) atoms. The van der Waals surface area contributed by atoms with E-state index < -0.39 is 0 Å². The van der Waals surface area contributed by atoms with E-state index in [1.807, 2.05) is 30.5 Å². The molecule has 0 radical (unpaired) electrons. The summed E-state index contributed by atoms with van der Waals surface area (Å²) in [6, 6.07) is 7.93. The van der Waals surface area contributed by atoms with Crippen LogP contribution in [0.3, 0.4) is 0 Å². The molecule has 1 aromatic heterocycles. The molecule has 1 atom stereocenters. The van der Waals surface area contributed by atoms with Gasteiger partial charge in [0.25, 0.3) is 0 Å². The molecular formula is C13H16ClN3. The highest BCUT2D eigenvalue weighted by atomic mass is 35.5. The molecule has 1 aromatic carbocycles. The maximum absolute atomic E-state index is 5.96. The lowest BCUT2D eigenvalue weighted by Crippen LogP contribution is -2.36. The van der Waals surface area contributed by atoms with Gasteiger partial charge in [-0.05, 0) is 19.4 Å². The van der Waals surface area contributed by atoms with E-state index in [0.717, 1.165) is 17.3 Å². The van der Waals surface area contributed by atoms with E-state index in [4.69, 9.17) is 11.6 Å².